The molecule has 0 aliphatic carbocycles. The summed E-state index contributed by atoms with van der Waals surface area (Å²) in [4.78, 5) is 22.2. The van der Waals surface area contributed by atoms with E-state index in [0.29, 0.717) is 0 Å². The molecule has 0 unspecified atom stereocenters. The first-order chi connectivity index (χ1) is 6.95. The number of benzene rings is 1. The van der Waals surface area contributed by atoms with Gasteiger partial charge in [0.1, 0.15) is 0 Å². The number of halogens is 4. The van der Waals surface area contributed by atoms with Gasteiger partial charge in [-0.3, -0.25) is 9.59 Å². The van der Waals surface area contributed by atoms with Gasteiger partial charge in [-0.15, -0.1) is 0 Å². The van der Waals surface area contributed by atoms with Gasteiger partial charge in [0.2, 0.25) is 0 Å². The molecule has 7 heteroatoms. The highest BCUT2D eigenvalue weighted by Gasteiger charge is 2.36. The molecule has 0 aromatic heterocycles. The predicted molar refractivity (Wildman–Crippen MR) is 54.7 cm³/mol. The van der Waals surface area contributed by atoms with Crippen molar-refractivity contribution in [1.29, 1.82) is 0 Å². The fourth-order valence-electron chi connectivity index (χ4n) is 1.25. The minimum Gasteiger partial charge on any atom is -0.316 e. The molecule has 1 N–H and O–H groups in total. The van der Waals surface area contributed by atoms with Crippen LogP contribution in [-0.2, 0) is 4.79 Å². The van der Waals surface area contributed by atoms with Gasteiger partial charge in [0.15, 0.2) is 11.6 Å². The summed E-state index contributed by atoms with van der Waals surface area (Å²) < 4.78 is 26.1. The average molecular weight is 341 g/mol. The van der Waals surface area contributed by atoms with Gasteiger partial charge in [0.25, 0.3) is 11.7 Å². The van der Waals surface area contributed by atoms with E-state index in [1.165, 1.54) is 0 Å². The van der Waals surface area contributed by atoms with Crippen LogP contribution in [-0.4, -0.2) is 11.7 Å². The number of fused-ring (bicyclic) bond motifs is 1. The molecular formula is C8HBr2F2NO2. The molecule has 0 saturated heterocycles. The van der Waals surface area contributed by atoms with Crippen LogP contribution in [0.1, 0.15) is 10.4 Å². The molecule has 0 spiro atoms. The molecule has 78 valence electrons. The number of nitrogens with one attached hydrogen (secondary N) is 1. The molecule has 0 bridgehead atoms. The fourth-order valence-corrected chi connectivity index (χ4v) is 2.49. The highest BCUT2D eigenvalue weighted by molar-refractivity contribution is 9.11. The van der Waals surface area contributed by atoms with E-state index in [-0.39, 0.29) is 15.7 Å². The second kappa shape index (κ2) is 3.34. The second-order valence-corrected chi connectivity index (χ2v) is 4.38. The standard InChI is InChI=1S/C8HBr2F2NO2/c9-2-1-6(13-8(15)7(1)14)5(12)3(10)4(2)11/h(H,13,14,15). The summed E-state index contributed by atoms with van der Waals surface area (Å²) in [6.07, 6.45) is 0. The maximum atomic E-state index is 13.4. The lowest BCUT2D eigenvalue weighted by Crippen LogP contribution is -2.12. The van der Waals surface area contributed by atoms with E-state index in [9.17, 15) is 18.4 Å². The minimum atomic E-state index is -0.995. The van der Waals surface area contributed by atoms with Crippen LogP contribution in [0, 0.1) is 11.6 Å². The number of anilines is 1. The number of rotatable bonds is 0. The molecule has 3 nitrogen and oxygen atoms in total. The Morgan fingerprint density at radius 3 is 2.20 bits per heavy atom. The van der Waals surface area contributed by atoms with E-state index in [1.807, 2.05) is 5.32 Å². The SMILES string of the molecule is O=C1Nc2c(F)c(Br)c(F)c(Br)c2C1=O. The Hall–Kier alpha value is -0.820. The van der Waals surface area contributed by atoms with Crippen LogP contribution in [0.5, 0.6) is 0 Å². The van der Waals surface area contributed by atoms with Crippen LogP contribution < -0.4 is 5.32 Å². The Morgan fingerprint density at radius 1 is 1.00 bits per heavy atom. The molecule has 1 amide bonds. The summed E-state index contributed by atoms with van der Waals surface area (Å²) in [7, 11) is 0. The van der Waals surface area contributed by atoms with Gasteiger partial charge in [0.05, 0.1) is 20.2 Å². The van der Waals surface area contributed by atoms with E-state index in [1.54, 1.807) is 0 Å². The van der Waals surface area contributed by atoms with Crippen molar-refractivity contribution in [1.82, 2.24) is 0 Å². The largest absolute Gasteiger partial charge is 0.316 e. The van der Waals surface area contributed by atoms with Crippen LogP contribution in [0.4, 0.5) is 14.5 Å². The van der Waals surface area contributed by atoms with Crippen molar-refractivity contribution in [2.75, 3.05) is 5.32 Å². The van der Waals surface area contributed by atoms with E-state index in [4.69, 9.17) is 0 Å². The number of ketones is 1. The monoisotopic (exact) mass is 339 g/mol. The van der Waals surface area contributed by atoms with Crippen LogP contribution >= 0.6 is 31.9 Å². The van der Waals surface area contributed by atoms with Crippen molar-refractivity contribution in [3.63, 3.8) is 0 Å². The van der Waals surface area contributed by atoms with Crippen LogP contribution in [0.25, 0.3) is 0 Å². The zero-order valence-electron chi connectivity index (χ0n) is 6.83. The Morgan fingerprint density at radius 2 is 1.60 bits per heavy atom. The molecule has 0 fully saturated rings. The van der Waals surface area contributed by atoms with E-state index in [0.717, 1.165) is 0 Å². The predicted octanol–water partition coefficient (Wildman–Crippen LogP) is 2.62. The summed E-state index contributed by atoms with van der Waals surface area (Å²) in [6.45, 7) is 0. The van der Waals surface area contributed by atoms with Gasteiger partial charge in [0, 0.05) is 0 Å². The normalized spacial score (nSPS) is 14.1. The summed E-state index contributed by atoms with van der Waals surface area (Å²) in [5.41, 5.74) is -0.608. The Bertz CT molecular complexity index is 516. The molecule has 2 rings (SSSR count). The lowest BCUT2D eigenvalue weighted by molar-refractivity contribution is -0.112. The molecule has 1 aliphatic rings. The molecule has 1 aromatic rings. The Kier molecular flexibility index (Phi) is 2.38. The number of hydrogen-bond donors (Lipinski definition) is 1. The first-order valence-electron chi connectivity index (χ1n) is 3.66. The third-order valence-corrected chi connectivity index (χ3v) is 3.38. The zero-order chi connectivity index (χ0) is 11.3. The zero-order valence-corrected chi connectivity index (χ0v) is 10.0. The topological polar surface area (TPSA) is 46.2 Å². The number of carbonyl (C=O) groups excluding carboxylic acids is 2. The van der Waals surface area contributed by atoms with Crippen molar-refractivity contribution in [3.8, 4) is 0 Å². The average Bonchev–Trinajstić information content (AvgIpc) is 2.50. The van der Waals surface area contributed by atoms with Gasteiger partial charge < -0.3 is 5.32 Å². The maximum Gasteiger partial charge on any atom is 0.296 e. The van der Waals surface area contributed by atoms with Crippen molar-refractivity contribution < 1.29 is 18.4 Å². The van der Waals surface area contributed by atoms with Crippen LogP contribution in [0.2, 0.25) is 0 Å². The van der Waals surface area contributed by atoms with Crippen LogP contribution in [0.3, 0.4) is 0 Å². The number of carbonyl (C=O) groups is 2. The molecule has 1 aromatic carbocycles. The first-order valence-corrected chi connectivity index (χ1v) is 5.25. The number of hydrogen-bond acceptors (Lipinski definition) is 2. The number of amides is 1. The minimum absolute atomic E-state index is 0.228. The highest BCUT2D eigenvalue weighted by Crippen LogP contribution is 2.39. The summed E-state index contributed by atoms with van der Waals surface area (Å²) in [6, 6.07) is 0. The molecule has 1 heterocycles. The Labute approximate surface area is 99.1 Å². The molecule has 0 radical (unpaired) electrons. The highest BCUT2D eigenvalue weighted by atomic mass is 79.9. The van der Waals surface area contributed by atoms with Gasteiger partial charge >= 0.3 is 0 Å². The lowest BCUT2D eigenvalue weighted by atomic mass is 10.1. The van der Waals surface area contributed by atoms with E-state index in [2.05, 4.69) is 31.9 Å². The van der Waals surface area contributed by atoms with Crippen molar-refractivity contribution >= 4 is 49.2 Å². The first kappa shape index (κ1) is 10.7. The van der Waals surface area contributed by atoms with E-state index >= 15 is 0 Å². The third-order valence-electron chi connectivity index (χ3n) is 1.94. The van der Waals surface area contributed by atoms with Crippen molar-refractivity contribution in [2.24, 2.45) is 0 Å². The molecule has 0 atom stereocenters. The lowest BCUT2D eigenvalue weighted by Gasteiger charge is -2.05. The fraction of sp³-hybridized carbons (Fsp3) is 0. The summed E-state index contributed by atoms with van der Waals surface area (Å²) in [5, 5.41) is 2.03. The second-order valence-electron chi connectivity index (χ2n) is 2.79. The van der Waals surface area contributed by atoms with Crippen molar-refractivity contribution in [2.45, 2.75) is 0 Å². The number of Topliss-reactive ketones (excluding diaryl/α,β-unsaturated/α-hetero) is 1. The quantitative estimate of drug-likeness (QED) is 0.448. The maximum absolute atomic E-state index is 13.4. The third kappa shape index (κ3) is 1.33. The summed E-state index contributed by atoms with van der Waals surface area (Å²) in [5.74, 6) is -3.87. The van der Waals surface area contributed by atoms with Crippen LogP contribution in [0.15, 0.2) is 8.95 Å². The van der Waals surface area contributed by atoms with Gasteiger partial charge in [-0.25, -0.2) is 8.78 Å². The Balaban J connectivity index is 2.86. The van der Waals surface area contributed by atoms with E-state index < -0.39 is 27.8 Å². The smallest absolute Gasteiger partial charge is 0.296 e. The summed E-state index contributed by atoms with van der Waals surface area (Å²) >= 11 is 5.48. The van der Waals surface area contributed by atoms with Gasteiger partial charge in [-0.1, -0.05) is 0 Å². The van der Waals surface area contributed by atoms with Gasteiger partial charge in [-0.2, -0.15) is 0 Å². The van der Waals surface area contributed by atoms with Crippen molar-refractivity contribution in [3.05, 3.63) is 26.1 Å². The van der Waals surface area contributed by atoms with Gasteiger partial charge in [-0.05, 0) is 31.9 Å². The molecular weight excluding hydrogens is 340 g/mol. The molecule has 0 saturated carbocycles. The molecule has 15 heavy (non-hydrogen) atoms. The molecule has 1 aliphatic heterocycles.